The van der Waals surface area contributed by atoms with E-state index in [1.54, 1.807) is 6.33 Å². The number of hydrogen-bond acceptors (Lipinski definition) is 5. The van der Waals surface area contributed by atoms with Crippen molar-refractivity contribution in [2.24, 2.45) is 0 Å². The minimum Gasteiger partial charge on any atom is -0.469 e. The van der Waals surface area contributed by atoms with E-state index in [0.29, 0.717) is 6.54 Å². The number of anilines is 2. The van der Waals surface area contributed by atoms with Crippen LogP contribution in [-0.4, -0.2) is 34.6 Å². The molecule has 0 atom stereocenters. The van der Waals surface area contributed by atoms with Crippen LogP contribution in [0.2, 0.25) is 0 Å². The second-order valence-electron chi connectivity index (χ2n) is 5.90. The van der Waals surface area contributed by atoms with Gasteiger partial charge in [-0.2, -0.15) is 0 Å². The van der Waals surface area contributed by atoms with Crippen molar-refractivity contribution in [3.8, 4) is 0 Å². The smallest absolute Gasteiger partial charge is 0.307 e. The van der Waals surface area contributed by atoms with E-state index in [9.17, 15) is 4.79 Å². The molecule has 26 heavy (non-hydrogen) atoms. The van der Waals surface area contributed by atoms with Crippen LogP contribution in [0.25, 0.3) is 21.9 Å². The Hall–Kier alpha value is -3.41. The van der Waals surface area contributed by atoms with Crippen LogP contribution in [0.3, 0.4) is 0 Å². The van der Waals surface area contributed by atoms with Crippen LogP contribution >= 0.6 is 0 Å². The fourth-order valence-electron chi connectivity index (χ4n) is 3.10. The first-order chi connectivity index (χ1) is 12.8. The molecule has 0 aliphatic rings. The van der Waals surface area contributed by atoms with E-state index in [4.69, 9.17) is 4.74 Å². The fraction of sp³-hybridized carbons (Fsp3) is 0.150. The van der Waals surface area contributed by atoms with Gasteiger partial charge in [0.15, 0.2) is 5.82 Å². The lowest BCUT2D eigenvalue weighted by Gasteiger charge is -2.23. The number of rotatable bonds is 5. The first kappa shape index (κ1) is 16.1. The summed E-state index contributed by atoms with van der Waals surface area (Å²) < 4.78 is 4.80. The Morgan fingerprint density at radius 3 is 2.65 bits per heavy atom. The molecule has 2 heterocycles. The highest BCUT2D eigenvalue weighted by atomic mass is 16.5. The molecule has 4 rings (SSSR count). The maximum atomic E-state index is 11.7. The molecule has 0 amide bonds. The minimum atomic E-state index is -0.257. The molecule has 0 bridgehead atoms. The molecule has 0 unspecified atom stereocenters. The molecule has 130 valence electrons. The van der Waals surface area contributed by atoms with Crippen molar-refractivity contribution in [3.63, 3.8) is 0 Å². The van der Waals surface area contributed by atoms with Gasteiger partial charge in [-0.1, -0.05) is 36.4 Å². The SMILES string of the molecule is COC(=O)CCN(c1ccccc1)c1ncnc2c1[nH]c1ccccc12. The van der Waals surface area contributed by atoms with Crippen LogP contribution in [0, 0.1) is 0 Å². The van der Waals surface area contributed by atoms with Crippen molar-refractivity contribution in [2.45, 2.75) is 6.42 Å². The van der Waals surface area contributed by atoms with E-state index < -0.39 is 0 Å². The zero-order valence-corrected chi connectivity index (χ0v) is 14.3. The lowest BCUT2D eigenvalue weighted by molar-refractivity contribution is -0.140. The summed E-state index contributed by atoms with van der Waals surface area (Å²) in [4.78, 5) is 26.1. The number of hydrogen-bond donors (Lipinski definition) is 1. The summed E-state index contributed by atoms with van der Waals surface area (Å²) >= 11 is 0. The molecular formula is C20H18N4O2. The molecular weight excluding hydrogens is 328 g/mol. The number of methoxy groups -OCH3 is 1. The minimum absolute atomic E-state index is 0.257. The van der Waals surface area contributed by atoms with Crippen molar-refractivity contribution >= 4 is 39.4 Å². The number of para-hydroxylation sites is 2. The van der Waals surface area contributed by atoms with Crippen LogP contribution in [0.15, 0.2) is 60.9 Å². The zero-order valence-electron chi connectivity index (χ0n) is 14.3. The summed E-state index contributed by atoms with van der Waals surface area (Å²) in [5.74, 6) is 0.481. The number of ether oxygens (including phenoxy) is 1. The maximum absolute atomic E-state index is 11.7. The molecule has 0 spiro atoms. The molecule has 4 aromatic rings. The summed E-state index contributed by atoms with van der Waals surface area (Å²) in [7, 11) is 1.40. The van der Waals surface area contributed by atoms with Crippen molar-refractivity contribution in [1.29, 1.82) is 0 Å². The van der Waals surface area contributed by atoms with E-state index in [1.807, 2.05) is 59.5 Å². The molecule has 0 saturated heterocycles. The Balaban J connectivity index is 1.86. The van der Waals surface area contributed by atoms with Crippen LogP contribution in [0.1, 0.15) is 6.42 Å². The average molecular weight is 346 g/mol. The lowest BCUT2D eigenvalue weighted by Crippen LogP contribution is -2.22. The molecule has 1 N–H and O–H groups in total. The number of H-pyrrole nitrogens is 1. The molecule has 0 aliphatic carbocycles. The third kappa shape index (κ3) is 2.86. The van der Waals surface area contributed by atoms with Gasteiger partial charge in [-0.15, -0.1) is 0 Å². The Kier molecular flexibility index (Phi) is 4.23. The number of benzene rings is 2. The van der Waals surface area contributed by atoms with Gasteiger partial charge < -0.3 is 14.6 Å². The number of esters is 1. The number of carbonyl (C=O) groups excluding carboxylic acids is 1. The highest BCUT2D eigenvalue weighted by Gasteiger charge is 2.18. The highest BCUT2D eigenvalue weighted by molar-refractivity contribution is 6.08. The Labute approximate surface area is 150 Å². The van der Waals surface area contributed by atoms with Gasteiger partial charge >= 0.3 is 5.97 Å². The second kappa shape index (κ2) is 6.84. The van der Waals surface area contributed by atoms with Crippen molar-refractivity contribution in [1.82, 2.24) is 15.0 Å². The predicted octanol–water partition coefficient (Wildman–Crippen LogP) is 3.81. The van der Waals surface area contributed by atoms with Crippen LogP contribution in [-0.2, 0) is 9.53 Å². The lowest BCUT2D eigenvalue weighted by atomic mass is 10.2. The second-order valence-corrected chi connectivity index (χ2v) is 5.90. The zero-order chi connectivity index (χ0) is 17.9. The number of aromatic nitrogens is 3. The molecule has 0 radical (unpaired) electrons. The highest BCUT2D eigenvalue weighted by Crippen LogP contribution is 2.32. The summed E-state index contributed by atoms with van der Waals surface area (Å²) in [6.07, 6.45) is 1.82. The quantitative estimate of drug-likeness (QED) is 0.556. The molecule has 0 aliphatic heterocycles. The van der Waals surface area contributed by atoms with Gasteiger partial charge in [0.25, 0.3) is 0 Å². The predicted molar refractivity (Wildman–Crippen MR) is 101 cm³/mol. The van der Waals surface area contributed by atoms with E-state index in [0.717, 1.165) is 33.4 Å². The molecule has 6 nitrogen and oxygen atoms in total. The summed E-state index contributed by atoms with van der Waals surface area (Å²) in [6, 6.07) is 17.9. The van der Waals surface area contributed by atoms with Gasteiger partial charge in [0.2, 0.25) is 0 Å². The Morgan fingerprint density at radius 1 is 1.08 bits per heavy atom. The summed E-state index contributed by atoms with van der Waals surface area (Å²) in [5.41, 5.74) is 3.67. The largest absolute Gasteiger partial charge is 0.469 e. The van der Waals surface area contributed by atoms with Crippen LogP contribution in [0.5, 0.6) is 0 Å². The van der Waals surface area contributed by atoms with Crippen LogP contribution in [0.4, 0.5) is 11.5 Å². The molecule has 2 aromatic heterocycles. The van der Waals surface area contributed by atoms with Gasteiger partial charge in [-0.05, 0) is 18.2 Å². The van der Waals surface area contributed by atoms with Crippen LogP contribution < -0.4 is 4.90 Å². The van der Waals surface area contributed by atoms with Gasteiger partial charge in [0.1, 0.15) is 17.4 Å². The average Bonchev–Trinajstić information content (AvgIpc) is 3.08. The first-order valence-electron chi connectivity index (χ1n) is 8.39. The number of nitrogens with one attached hydrogen (secondary N) is 1. The van der Waals surface area contributed by atoms with Gasteiger partial charge in [-0.25, -0.2) is 9.97 Å². The van der Waals surface area contributed by atoms with Crippen molar-refractivity contribution in [3.05, 3.63) is 60.9 Å². The summed E-state index contributed by atoms with van der Waals surface area (Å²) in [5, 5.41) is 1.05. The van der Waals surface area contributed by atoms with E-state index in [-0.39, 0.29) is 12.4 Å². The molecule has 0 saturated carbocycles. The van der Waals surface area contributed by atoms with Gasteiger partial charge in [-0.3, -0.25) is 4.79 Å². The number of aromatic amines is 1. The van der Waals surface area contributed by atoms with Gasteiger partial charge in [0, 0.05) is 23.1 Å². The maximum Gasteiger partial charge on any atom is 0.307 e. The third-order valence-electron chi connectivity index (χ3n) is 4.36. The third-order valence-corrected chi connectivity index (χ3v) is 4.36. The summed E-state index contributed by atoms with van der Waals surface area (Å²) in [6.45, 7) is 0.457. The standard InChI is InChI=1S/C20H18N4O2/c1-26-17(25)11-12-24(14-7-3-2-4-8-14)20-19-18(21-13-22-20)15-9-5-6-10-16(15)23-19/h2-10,13,23H,11-12H2,1H3. The van der Waals surface area contributed by atoms with Gasteiger partial charge in [0.05, 0.1) is 13.5 Å². The molecule has 6 heteroatoms. The van der Waals surface area contributed by atoms with Crippen molar-refractivity contribution in [2.75, 3.05) is 18.6 Å². The Bertz CT molecular complexity index is 1060. The molecule has 0 fully saturated rings. The normalized spacial score (nSPS) is 11.0. The first-order valence-corrected chi connectivity index (χ1v) is 8.39. The van der Waals surface area contributed by atoms with Crippen molar-refractivity contribution < 1.29 is 9.53 Å². The number of fused-ring (bicyclic) bond motifs is 3. The van der Waals surface area contributed by atoms with E-state index in [2.05, 4.69) is 15.0 Å². The molecule has 2 aromatic carbocycles. The Morgan fingerprint density at radius 2 is 1.85 bits per heavy atom. The number of carbonyl (C=O) groups is 1. The van der Waals surface area contributed by atoms with E-state index >= 15 is 0 Å². The topological polar surface area (TPSA) is 71.1 Å². The fourth-order valence-corrected chi connectivity index (χ4v) is 3.10. The monoisotopic (exact) mass is 346 g/mol. The number of nitrogens with zero attached hydrogens (tertiary/aromatic N) is 3. The van der Waals surface area contributed by atoms with E-state index in [1.165, 1.54) is 7.11 Å².